The Kier molecular flexibility index (Phi) is 4.77. The van der Waals surface area contributed by atoms with Crippen molar-refractivity contribution in [3.8, 4) is 23.8 Å². The van der Waals surface area contributed by atoms with Crippen molar-refractivity contribution < 1.29 is 4.74 Å². The Bertz CT molecular complexity index is 1220. The number of pyridine rings is 1. The van der Waals surface area contributed by atoms with Crippen molar-refractivity contribution in [3.63, 3.8) is 0 Å². The molecule has 3 aromatic rings. The van der Waals surface area contributed by atoms with Gasteiger partial charge in [0.05, 0.1) is 5.69 Å². The molecule has 0 fully saturated rings. The monoisotopic (exact) mass is 396 g/mol. The molecule has 9 heteroatoms. The van der Waals surface area contributed by atoms with Gasteiger partial charge in [-0.05, 0) is 18.2 Å². The van der Waals surface area contributed by atoms with Gasteiger partial charge < -0.3 is 21.5 Å². The van der Waals surface area contributed by atoms with E-state index in [-0.39, 0.29) is 23.0 Å². The summed E-state index contributed by atoms with van der Waals surface area (Å²) in [6.45, 7) is 0. The quantitative estimate of drug-likeness (QED) is 0.388. The van der Waals surface area contributed by atoms with Crippen LogP contribution in [0.25, 0.3) is 0 Å². The molecule has 1 aromatic heterocycles. The van der Waals surface area contributed by atoms with Crippen LogP contribution in [0.3, 0.4) is 0 Å². The van der Waals surface area contributed by atoms with Crippen molar-refractivity contribution in [1.82, 2.24) is 10.3 Å². The van der Waals surface area contributed by atoms with E-state index in [1.165, 1.54) is 0 Å². The van der Waals surface area contributed by atoms with E-state index in [9.17, 15) is 5.26 Å². The molecule has 146 valence electrons. The maximum Gasteiger partial charge on any atom is 0.211 e. The minimum Gasteiger partial charge on any atom is -0.457 e. The molecule has 2 heterocycles. The number of rotatable bonds is 3. The highest BCUT2D eigenvalue weighted by molar-refractivity contribution is 5.98. The Morgan fingerprint density at radius 2 is 1.77 bits per heavy atom. The molecule has 0 saturated heterocycles. The van der Waals surface area contributed by atoms with Crippen LogP contribution >= 0.6 is 0 Å². The summed E-state index contributed by atoms with van der Waals surface area (Å²) in [5.74, 6) is 1.69. The van der Waals surface area contributed by atoms with Crippen molar-refractivity contribution in [3.05, 3.63) is 71.3 Å². The smallest absolute Gasteiger partial charge is 0.211 e. The van der Waals surface area contributed by atoms with Gasteiger partial charge in [0, 0.05) is 11.1 Å². The van der Waals surface area contributed by atoms with Crippen LogP contribution in [-0.2, 0) is 0 Å². The Labute approximate surface area is 172 Å². The van der Waals surface area contributed by atoms with E-state index in [0.29, 0.717) is 28.4 Å². The second-order valence-corrected chi connectivity index (χ2v) is 6.35. The number of benzene rings is 2. The lowest BCUT2D eigenvalue weighted by Gasteiger charge is -2.27. The summed E-state index contributed by atoms with van der Waals surface area (Å²) in [7, 11) is 0. The predicted molar refractivity (Wildman–Crippen MR) is 112 cm³/mol. The number of nitrogens with two attached hydrogens (primary N) is 2. The van der Waals surface area contributed by atoms with E-state index in [4.69, 9.17) is 21.5 Å². The molecule has 0 aliphatic carbocycles. The molecule has 6 N–H and O–H groups in total. The molecule has 0 radical (unpaired) electrons. The number of hydrogen-bond acceptors (Lipinski definition) is 9. The van der Waals surface area contributed by atoms with Crippen LogP contribution in [0.15, 0.2) is 59.6 Å². The van der Waals surface area contributed by atoms with Crippen molar-refractivity contribution in [2.24, 2.45) is 4.99 Å². The first-order chi connectivity index (χ1) is 14.6. The summed E-state index contributed by atoms with van der Waals surface area (Å²) in [5, 5.41) is 23.9. The number of hydrogen-bond donors (Lipinski definition) is 4. The van der Waals surface area contributed by atoms with Crippen LogP contribution in [0.4, 0.5) is 17.3 Å². The normalized spacial score (nSPS) is 14.3. The SMILES string of the molecule is N#CNC1=NC(c2ccccc2Oc2ccccc2)c2c(nc(N)c(C#N)c2N)N1. The maximum atomic E-state index is 9.46. The van der Waals surface area contributed by atoms with E-state index in [0.717, 1.165) is 0 Å². The zero-order valence-corrected chi connectivity index (χ0v) is 15.6. The van der Waals surface area contributed by atoms with E-state index in [1.54, 1.807) is 0 Å². The minimum absolute atomic E-state index is 0.00738. The molecular weight excluding hydrogens is 380 g/mol. The Balaban J connectivity index is 1.89. The third kappa shape index (κ3) is 3.28. The number of nitrogen functional groups attached to an aromatic ring is 2. The van der Waals surface area contributed by atoms with Crippen molar-refractivity contribution in [2.75, 3.05) is 16.8 Å². The fraction of sp³-hybridized carbons (Fsp3) is 0.0476. The van der Waals surface area contributed by atoms with E-state index < -0.39 is 6.04 Å². The van der Waals surface area contributed by atoms with Crippen LogP contribution in [0, 0.1) is 22.8 Å². The van der Waals surface area contributed by atoms with Gasteiger partial charge >= 0.3 is 0 Å². The van der Waals surface area contributed by atoms with Gasteiger partial charge in [-0.15, -0.1) is 0 Å². The van der Waals surface area contributed by atoms with E-state index in [2.05, 4.69) is 20.6 Å². The Morgan fingerprint density at radius 1 is 1.03 bits per heavy atom. The zero-order valence-electron chi connectivity index (χ0n) is 15.6. The molecule has 4 rings (SSSR count). The van der Waals surface area contributed by atoms with Gasteiger partial charge in [-0.3, -0.25) is 5.32 Å². The van der Waals surface area contributed by atoms with Crippen LogP contribution in [-0.4, -0.2) is 10.9 Å². The summed E-state index contributed by atoms with van der Waals surface area (Å²) in [6.07, 6.45) is 1.83. The first kappa shape index (κ1) is 18.6. The standard InChI is InChI=1S/C21H16N8O/c22-10-14-17(24)16-18(27-21(26-11-23)29-20(16)28-19(14)25)13-8-4-5-9-15(13)30-12-6-2-1-3-7-12/h1-9,18H,(H6,24,25,26,27,28,29). The summed E-state index contributed by atoms with van der Waals surface area (Å²) >= 11 is 0. The number of fused-ring (bicyclic) bond motifs is 1. The number of nitriles is 2. The molecule has 0 spiro atoms. The van der Waals surface area contributed by atoms with Gasteiger partial charge in [0.15, 0.2) is 6.19 Å². The first-order valence-corrected chi connectivity index (χ1v) is 8.93. The number of nitrogens with one attached hydrogen (secondary N) is 2. The highest BCUT2D eigenvalue weighted by Gasteiger charge is 2.31. The van der Waals surface area contributed by atoms with Crippen LogP contribution in [0.2, 0.25) is 0 Å². The molecule has 2 aromatic carbocycles. The van der Waals surface area contributed by atoms with Crippen LogP contribution < -0.4 is 26.8 Å². The Morgan fingerprint density at radius 3 is 2.50 bits per heavy atom. The number of aromatic nitrogens is 1. The first-order valence-electron chi connectivity index (χ1n) is 8.93. The third-order valence-electron chi connectivity index (χ3n) is 4.54. The van der Waals surface area contributed by atoms with Gasteiger partial charge in [-0.2, -0.15) is 10.5 Å². The van der Waals surface area contributed by atoms with Crippen molar-refractivity contribution in [1.29, 1.82) is 10.5 Å². The van der Waals surface area contributed by atoms with Crippen LogP contribution in [0.1, 0.15) is 22.7 Å². The van der Waals surface area contributed by atoms with Gasteiger partial charge in [0.2, 0.25) is 5.96 Å². The average Bonchev–Trinajstić information content (AvgIpc) is 2.75. The minimum atomic E-state index is -0.683. The fourth-order valence-electron chi connectivity index (χ4n) is 3.22. The van der Waals surface area contributed by atoms with Crippen molar-refractivity contribution in [2.45, 2.75) is 6.04 Å². The molecule has 1 aliphatic rings. The van der Waals surface area contributed by atoms with E-state index >= 15 is 0 Å². The average molecular weight is 396 g/mol. The van der Waals surface area contributed by atoms with Gasteiger partial charge in [0.25, 0.3) is 0 Å². The highest BCUT2D eigenvalue weighted by Crippen LogP contribution is 2.43. The number of guanidine groups is 1. The number of ether oxygens (including phenoxy) is 1. The molecule has 9 nitrogen and oxygen atoms in total. The molecule has 0 amide bonds. The molecule has 0 saturated carbocycles. The van der Waals surface area contributed by atoms with Crippen LogP contribution in [0.5, 0.6) is 11.5 Å². The highest BCUT2D eigenvalue weighted by atomic mass is 16.5. The lowest BCUT2D eigenvalue weighted by molar-refractivity contribution is 0.473. The number of nitrogens with zero attached hydrogens (tertiary/aromatic N) is 4. The summed E-state index contributed by atoms with van der Waals surface area (Å²) in [5.41, 5.74) is 13.6. The molecule has 1 aliphatic heterocycles. The predicted octanol–water partition coefficient (Wildman–Crippen LogP) is 2.85. The maximum absolute atomic E-state index is 9.46. The van der Waals surface area contributed by atoms with Gasteiger partial charge in [-0.1, -0.05) is 36.4 Å². The van der Waals surface area contributed by atoms with Crippen molar-refractivity contribution >= 4 is 23.3 Å². The zero-order chi connectivity index (χ0) is 21.1. The molecule has 30 heavy (non-hydrogen) atoms. The third-order valence-corrected chi connectivity index (χ3v) is 4.54. The van der Waals surface area contributed by atoms with Gasteiger partial charge in [0.1, 0.15) is 40.8 Å². The summed E-state index contributed by atoms with van der Waals surface area (Å²) in [6, 6.07) is 17.9. The largest absolute Gasteiger partial charge is 0.457 e. The fourth-order valence-corrected chi connectivity index (χ4v) is 3.22. The molecule has 1 unspecified atom stereocenters. The number of aliphatic imine (C=N–C) groups is 1. The van der Waals surface area contributed by atoms with E-state index in [1.807, 2.05) is 66.9 Å². The topological polar surface area (TPSA) is 158 Å². The summed E-state index contributed by atoms with van der Waals surface area (Å²) < 4.78 is 6.07. The lowest BCUT2D eigenvalue weighted by Crippen LogP contribution is -2.32. The molecule has 0 bridgehead atoms. The number of para-hydroxylation sites is 2. The number of anilines is 3. The second-order valence-electron chi connectivity index (χ2n) is 6.35. The lowest BCUT2D eigenvalue weighted by atomic mass is 9.94. The Hall–Kier alpha value is -4.76. The van der Waals surface area contributed by atoms with Gasteiger partial charge in [-0.25, -0.2) is 9.98 Å². The summed E-state index contributed by atoms with van der Waals surface area (Å²) in [4.78, 5) is 8.83. The molecule has 1 atom stereocenters. The second kappa shape index (κ2) is 7.70. The molecular formula is C21H16N8O.